The molecule has 1 heteroatoms. The zero-order valence-corrected chi connectivity index (χ0v) is 31.3. The van der Waals surface area contributed by atoms with Crippen molar-refractivity contribution in [1.29, 1.82) is 0 Å². The smallest absolute Gasteiger partial charge is 0.0639 e. The van der Waals surface area contributed by atoms with Gasteiger partial charge in [0.1, 0.15) is 0 Å². The minimum absolute atomic E-state index is 0.149. The second-order valence-corrected chi connectivity index (χ2v) is 14.2. The number of rotatable bonds is 17. The molecule has 0 unspecified atom stereocenters. The van der Waals surface area contributed by atoms with Crippen molar-refractivity contribution >= 4 is 0 Å². The standard InChI is InChI=1S/C45H66O/c1-35(2)18-14-21-38(5)24-16-26-39(6)25-15-22-36(3)19-12-13-20-37(4)23-17-27-40(7)29-33-44-42(9)30-32-43(45(44,10)11)31-28-41(8)34-46/h12-13,15,17-20,22-25,27-30,33,43-44,46H,14,16,21,26,31-32,34H2,1-11H3/b13-12+,22-15+,23-17+,33-29+,36-19+,37-20+,38-24+,39-25+,40-27+,41-28+/t43-,44+/m0/s1. The molecule has 0 aliphatic heterocycles. The summed E-state index contributed by atoms with van der Waals surface area (Å²) in [6.45, 7) is 24.5. The zero-order valence-electron chi connectivity index (χ0n) is 31.3. The van der Waals surface area contributed by atoms with Gasteiger partial charge in [-0.3, -0.25) is 0 Å². The fourth-order valence-corrected chi connectivity index (χ4v) is 5.67. The molecule has 0 bridgehead atoms. The van der Waals surface area contributed by atoms with Gasteiger partial charge >= 0.3 is 0 Å². The molecule has 1 N–H and O–H groups in total. The molecule has 0 saturated heterocycles. The molecule has 0 amide bonds. The molecular weight excluding hydrogens is 556 g/mol. The molecule has 252 valence electrons. The van der Waals surface area contributed by atoms with Gasteiger partial charge in [0.25, 0.3) is 0 Å². The first-order valence-corrected chi connectivity index (χ1v) is 17.4. The minimum Gasteiger partial charge on any atom is -0.392 e. The fourth-order valence-electron chi connectivity index (χ4n) is 5.67. The maximum atomic E-state index is 9.39. The normalized spacial score (nSPS) is 20.9. The van der Waals surface area contributed by atoms with Crippen molar-refractivity contribution in [3.05, 3.63) is 142 Å². The Kier molecular flexibility index (Phi) is 19.9. The summed E-state index contributed by atoms with van der Waals surface area (Å²) in [5, 5.41) is 9.39. The molecule has 0 aromatic heterocycles. The first-order chi connectivity index (χ1) is 21.8. The van der Waals surface area contributed by atoms with E-state index in [0.29, 0.717) is 11.8 Å². The largest absolute Gasteiger partial charge is 0.392 e. The second-order valence-electron chi connectivity index (χ2n) is 14.2. The predicted octanol–water partition coefficient (Wildman–Crippen LogP) is 13.4. The Hall–Kier alpha value is -3.16. The maximum absolute atomic E-state index is 9.39. The van der Waals surface area contributed by atoms with Crippen LogP contribution in [0.25, 0.3) is 0 Å². The van der Waals surface area contributed by atoms with Gasteiger partial charge in [0, 0.05) is 5.92 Å². The van der Waals surface area contributed by atoms with Gasteiger partial charge < -0.3 is 5.11 Å². The summed E-state index contributed by atoms with van der Waals surface area (Å²) in [6.07, 6.45) is 42.2. The van der Waals surface area contributed by atoms with Crippen molar-refractivity contribution in [2.45, 2.75) is 115 Å². The Balaban J connectivity index is 2.63. The zero-order chi connectivity index (χ0) is 34.5. The first kappa shape index (κ1) is 40.9. The minimum atomic E-state index is 0.149. The quantitative estimate of drug-likeness (QED) is 0.126. The van der Waals surface area contributed by atoms with Gasteiger partial charge in [-0.2, -0.15) is 0 Å². The number of allylic oxidation sites excluding steroid dienone is 23. The van der Waals surface area contributed by atoms with Gasteiger partial charge in [-0.05, 0) is 112 Å². The van der Waals surface area contributed by atoms with Crippen molar-refractivity contribution < 1.29 is 5.11 Å². The van der Waals surface area contributed by atoms with Crippen LogP contribution in [0.5, 0.6) is 0 Å². The van der Waals surface area contributed by atoms with E-state index in [1.165, 1.54) is 39.0 Å². The van der Waals surface area contributed by atoms with Crippen LogP contribution < -0.4 is 0 Å². The fraction of sp³-hybridized carbons (Fsp3) is 0.467. The summed E-state index contributed by atoms with van der Waals surface area (Å²) in [6, 6.07) is 0. The van der Waals surface area contributed by atoms with Gasteiger partial charge in [-0.25, -0.2) is 0 Å². The van der Waals surface area contributed by atoms with Crippen LogP contribution >= 0.6 is 0 Å². The van der Waals surface area contributed by atoms with Crippen molar-refractivity contribution in [3.63, 3.8) is 0 Å². The lowest BCUT2D eigenvalue weighted by atomic mass is 9.61. The lowest BCUT2D eigenvalue weighted by Gasteiger charge is -2.43. The lowest BCUT2D eigenvalue weighted by molar-refractivity contribution is 0.154. The third-order valence-electron chi connectivity index (χ3n) is 9.03. The summed E-state index contributed by atoms with van der Waals surface area (Å²) in [4.78, 5) is 0. The number of hydrogen-bond acceptors (Lipinski definition) is 1. The summed E-state index contributed by atoms with van der Waals surface area (Å²) in [7, 11) is 0. The van der Waals surface area contributed by atoms with Crippen molar-refractivity contribution in [3.8, 4) is 0 Å². The molecule has 1 aliphatic rings. The molecule has 2 atom stereocenters. The van der Waals surface area contributed by atoms with Crippen LogP contribution in [0.1, 0.15) is 115 Å². The van der Waals surface area contributed by atoms with E-state index in [-0.39, 0.29) is 12.0 Å². The lowest BCUT2D eigenvalue weighted by Crippen LogP contribution is -2.35. The maximum Gasteiger partial charge on any atom is 0.0639 e. The van der Waals surface area contributed by atoms with E-state index in [1.54, 1.807) is 0 Å². The SMILES string of the molecule is CC(C)=CCC/C(C)=C/CC/C(C)=C/C=C/C(C)=C/C=C/C=C(C)/C=C/C=C(C)/C=C/[C@@H]1C(C)=CC[C@H](C/C=C(\C)CO)C1(C)C. The highest BCUT2D eigenvalue weighted by Crippen LogP contribution is 2.47. The van der Waals surface area contributed by atoms with E-state index >= 15 is 0 Å². The van der Waals surface area contributed by atoms with Gasteiger partial charge in [-0.15, -0.1) is 0 Å². The number of hydrogen-bond donors (Lipinski definition) is 1. The van der Waals surface area contributed by atoms with Crippen LogP contribution in [-0.2, 0) is 0 Å². The van der Waals surface area contributed by atoms with Crippen LogP contribution in [0, 0.1) is 17.3 Å². The summed E-state index contributed by atoms with van der Waals surface area (Å²) in [5.74, 6) is 0.988. The van der Waals surface area contributed by atoms with E-state index in [4.69, 9.17) is 0 Å². The number of aliphatic hydroxyl groups is 1. The molecule has 46 heavy (non-hydrogen) atoms. The summed E-state index contributed by atoms with van der Waals surface area (Å²) in [5.41, 5.74) is 10.7. The molecule has 1 rings (SSSR count). The van der Waals surface area contributed by atoms with Gasteiger partial charge in [0.2, 0.25) is 0 Å². The Morgan fingerprint density at radius 1 is 0.696 bits per heavy atom. The highest BCUT2D eigenvalue weighted by atomic mass is 16.3. The third-order valence-corrected chi connectivity index (χ3v) is 9.03. The van der Waals surface area contributed by atoms with Crippen LogP contribution in [0.3, 0.4) is 0 Å². The molecule has 0 heterocycles. The summed E-state index contributed by atoms with van der Waals surface area (Å²) < 4.78 is 0. The highest BCUT2D eigenvalue weighted by Gasteiger charge is 2.38. The Morgan fingerprint density at radius 3 is 1.85 bits per heavy atom. The van der Waals surface area contributed by atoms with E-state index in [0.717, 1.165) is 44.1 Å². The Labute approximate surface area is 284 Å². The average Bonchev–Trinajstić information content (AvgIpc) is 2.98. The average molecular weight is 623 g/mol. The van der Waals surface area contributed by atoms with Crippen LogP contribution in [0.4, 0.5) is 0 Å². The second kappa shape index (κ2) is 22.4. The Morgan fingerprint density at radius 2 is 1.24 bits per heavy atom. The predicted molar refractivity (Wildman–Crippen MR) is 208 cm³/mol. The molecule has 0 spiro atoms. The topological polar surface area (TPSA) is 20.2 Å². The van der Waals surface area contributed by atoms with Crippen molar-refractivity contribution in [1.82, 2.24) is 0 Å². The first-order valence-electron chi connectivity index (χ1n) is 17.4. The number of aliphatic hydroxyl groups excluding tert-OH is 1. The highest BCUT2D eigenvalue weighted by molar-refractivity contribution is 5.32. The molecule has 0 fully saturated rings. The van der Waals surface area contributed by atoms with Crippen molar-refractivity contribution in [2.75, 3.05) is 6.61 Å². The molecule has 1 nitrogen and oxygen atoms in total. The van der Waals surface area contributed by atoms with Gasteiger partial charge in [0.05, 0.1) is 6.61 Å². The Bertz CT molecular complexity index is 1310. The van der Waals surface area contributed by atoms with Gasteiger partial charge in [0.15, 0.2) is 0 Å². The van der Waals surface area contributed by atoms with E-state index in [9.17, 15) is 5.11 Å². The van der Waals surface area contributed by atoms with Gasteiger partial charge in [-0.1, -0.05) is 156 Å². The van der Waals surface area contributed by atoms with Crippen LogP contribution in [-0.4, -0.2) is 11.7 Å². The van der Waals surface area contributed by atoms with E-state index < -0.39 is 0 Å². The van der Waals surface area contributed by atoms with Crippen LogP contribution in [0.2, 0.25) is 0 Å². The molecule has 0 aromatic carbocycles. The van der Waals surface area contributed by atoms with E-state index in [2.05, 4.69) is 166 Å². The summed E-state index contributed by atoms with van der Waals surface area (Å²) >= 11 is 0. The third kappa shape index (κ3) is 17.5. The molecule has 0 aromatic rings. The molecule has 0 radical (unpaired) electrons. The molecule has 1 aliphatic carbocycles. The van der Waals surface area contributed by atoms with E-state index in [1.807, 2.05) is 6.92 Å². The molecular formula is C45H66O. The van der Waals surface area contributed by atoms with Crippen LogP contribution in [0.15, 0.2) is 142 Å². The van der Waals surface area contributed by atoms with Crippen molar-refractivity contribution in [2.24, 2.45) is 17.3 Å². The monoisotopic (exact) mass is 623 g/mol. The molecule has 0 saturated carbocycles.